The number of rotatable bonds is 7. The van der Waals surface area contributed by atoms with Gasteiger partial charge in [0.15, 0.2) is 16.9 Å². The summed E-state index contributed by atoms with van der Waals surface area (Å²) in [6, 6.07) is 15.6. The van der Waals surface area contributed by atoms with E-state index in [2.05, 4.69) is 0 Å². The smallest absolute Gasteiger partial charge is 0.291 e. The number of hydrogen-bond acceptors (Lipinski definition) is 7. The van der Waals surface area contributed by atoms with E-state index in [1.807, 2.05) is 37.3 Å². The molecule has 2 heterocycles. The zero-order chi connectivity index (χ0) is 26.3. The van der Waals surface area contributed by atoms with Gasteiger partial charge in [-0.25, -0.2) is 0 Å². The molecule has 1 atom stereocenters. The van der Waals surface area contributed by atoms with E-state index in [1.165, 1.54) is 21.3 Å². The molecule has 0 radical (unpaired) electrons. The molecule has 5 rings (SSSR count). The van der Waals surface area contributed by atoms with Gasteiger partial charge in [-0.05, 0) is 54.4 Å². The van der Waals surface area contributed by atoms with Crippen LogP contribution in [-0.2, 0) is 6.54 Å². The standard InChI is InChI=1S/C29H27NO7/c1-16-6-11-21-20(12-16)26(31)24-25(18-13-22(34-3)27(36-5)23(14-18)35-4)30(29(32)28(24)37-21)15-17-7-9-19(33-2)10-8-17/h6-14,25H,15H2,1-5H3/t25-/m1/s1. The van der Waals surface area contributed by atoms with Crippen molar-refractivity contribution in [2.75, 3.05) is 28.4 Å². The van der Waals surface area contributed by atoms with Gasteiger partial charge >= 0.3 is 0 Å². The van der Waals surface area contributed by atoms with Crippen LogP contribution in [0.1, 0.15) is 38.9 Å². The van der Waals surface area contributed by atoms with E-state index >= 15 is 0 Å². The van der Waals surface area contributed by atoms with E-state index in [4.69, 9.17) is 23.4 Å². The number of amides is 1. The van der Waals surface area contributed by atoms with Crippen LogP contribution in [0.25, 0.3) is 11.0 Å². The highest BCUT2D eigenvalue weighted by molar-refractivity contribution is 5.99. The Morgan fingerprint density at radius 3 is 2.11 bits per heavy atom. The van der Waals surface area contributed by atoms with Gasteiger partial charge in [0.25, 0.3) is 5.91 Å². The van der Waals surface area contributed by atoms with Crippen LogP contribution in [0.5, 0.6) is 23.0 Å². The first kappa shape index (κ1) is 24.2. The largest absolute Gasteiger partial charge is 0.497 e. The topological polar surface area (TPSA) is 87.4 Å². The lowest BCUT2D eigenvalue weighted by atomic mass is 9.97. The lowest BCUT2D eigenvalue weighted by molar-refractivity contribution is 0.0714. The van der Waals surface area contributed by atoms with Crippen molar-refractivity contribution < 1.29 is 28.2 Å². The summed E-state index contributed by atoms with van der Waals surface area (Å²) in [7, 11) is 6.16. The van der Waals surface area contributed by atoms with Crippen LogP contribution in [0.2, 0.25) is 0 Å². The van der Waals surface area contributed by atoms with E-state index in [0.29, 0.717) is 39.5 Å². The minimum Gasteiger partial charge on any atom is -0.497 e. The van der Waals surface area contributed by atoms with Gasteiger partial charge in [0.05, 0.1) is 45.4 Å². The minimum atomic E-state index is -0.737. The zero-order valence-electron chi connectivity index (χ0n) is 21.3. The third-order valence-corrected chi connectivity index (χ3v) is 6.64. The number of benzene rings is 3. The number of methoxy groups -OCH3 is 4. The highest BCUT2D eigenvalue weighted by Gasteiger charge is 2.43. The van der Waals surface area contributed by atoms with E-state index < -0.39 is 6.04 Å². The van der Waals surface area contributed by atoms with Crippen LogP contribution in [0, 0.1) is 6.92 Å². The van der Waals surface area contributed by atoms with E-state index in [9.17, 15) is 9.59 Å². The van der Waals surface area contributed by atoms with Crippen molar-refractivity contribution >= 4 is 16.9 Å². The molecule has 8 heteroatoms. The maximum atomic E-state index is 13.9. The summed E-state index contributed by atoms with van der Waals surface area (Å²) < 4.78 is 27.9. The third-order valence-electron chi connectivity index (χ3n) is 6.64. The molecule has 4 aromatic rings. The molecule has 1 amide bonds. The predicted octanol–water partition coefficient (Wildman–Crippen LogP) is 4.88. The molecule has 1 aliphatic heterocycles. The number of carbonyl (C=O) groups is 1. The summed E-state index contributed by atoms with van der Waals surface area (Å²) in [6.45, 7) is 2.15. The summed E-state index contributed by atoms with van der Waals surface area (Å²) in [5.41, 5.74) is 2.83. The van der Waals surface area contributed by atoms with Crippen LogP contribution in [0.4, 0.5) is 0 Å². The van der Waals surface area contributed by atoms with E-state index in [0.717, 1.165) is 11.1 Å². The van der Waals surface area contributed by atoms with Crippen molar-refractivity contribution in [1.82, 2.24) is 4.90 Å². The highest BCUT2D eigenvalue weighted by Crippen LogP contribution is 2.45. The van der Waals surface area contributed by atoms with Crippen molar-refractivity contribution in [3.8, 4) is 23.0 Å². The number of nitrogens with zero attached hydrogens (tertiary/aromatic N) is 1. The van der Waals surface area contributed by atoms with Crippen LogP contribution < -0.4 is 24.4 Å². The Labute approximate surface area is 213 Å². The lowest BCUT2D eigenvalue weighted by Crippen LogP contribution is -2.29. The number of ether oxygens (including phenoxy) is 4. The summed E-state index contributed by atoms with van der Waals surface area (Å²) in [5, 5.41) is 0.426. The van der Waals surface area contributed by atoms with E-state index in [1.54, 1.807) is 36.3 Å². The first-order valence-electron chi connectivity index (χ1n) is 11.7. The quantitative estimate of drug-likeness (QED) is 0.357. The second kappa shape index (κ2) is 9.54. The number of fused-ring (bicyclic) bond motifs is 2. The molecule has 0 spiro atoms. The highest BCUT2D eigenvalue weighted by atomic mass is 16.5. The lowest BCUT2D eigenvalue weighted by Gasteiger charge is -2.26. The number of aryl methyl sites for hydroxylation is 1. The van der Waals surface area contributed by atoms with Crippen LogP contribution in [-0.4, -0.2) is 39.2 Å². The maximum absolute atomic E-state index is 13.9. The minimum absolute atomic E-state index is 0.0358. The first-order valence-corrected chi connectivity index (χ1v) is 11.7. The van der Waals surface area contributed by atoms with E-state index in [-0.39, 0.29) is 29.2 Å². The van der Waals surface area contributed by atoms with Gasteiger partial charge in [0.2, 0.25) is 11.5 Å². The van der Waals surface area contributed by atoms with Gasteiger partial charge in [-0.1, -0.05) is 23.8 Å². The van der Waals surface area contributed by atoms with Gasteiger partial charge in [0.1, 0.15) is 11.3 Å². The predicted molar refractivity (Wildman–Crippen MR) is 138 cm³/mol. The fourth-order valence-electron chi connectivity index (χ4n) is 4.83. The van der Waals surface area contributed by atoms with Crippen molar-refractivity contribution in [3.05, 3.63) is 92.8 Å². The fraction of sp³-hybridized carbons (Fsp3) is 0.241. The fourth-order valence-corrected chi connectivity index (χ4v) is 4.83. The van der Waals surface area contributed by atoms with Crippen LogP contribution >= 0.6 is 0 Å². The average Bonchev–Trinajstić information content (AvgIpc) is 3.19. The van der Waals surface area contributed by atoms with Crippen LogP contribution in [0.15, 0.2) is 63.8 Å². The van der Waals surface area contributed by atoms with Crippen molar-refractivity contribution in [2.24, 2.45) is 0 Å². The average molecular weight is 502 g/mol. The normalized spacial score (nSPS) is 14.6. The summed E-state index contributed by atoms with van der Waals surface area (Å²) in [6.07, 6.45) is 0. The van der Waals surface area contributed by atoms with Crippen molar-refractivity contribution in [1.29, 1.82) is 0 Å². The van der Waals surface area contributed by atoms with Gasteiger partial charge in [0, 0.05) is 6.54 Å². The third kappa shape index (κ3) is 4.04. The molecular weight excluding hydrogens is 474 g/mol. The molecule has 1 aromatic heterocycles. The molecule has 0 fully saturated rings. The molecule has 190 valence electrons. The molecule has 0 aliphatic carbocycles. The molecule has 0 saturated carbocycles. The molecule has 8 nitrogen and oxygen atoms in total. The molecule has 0 saturated heterocycles. The molecule has 37 heavy (non-hydrogen) atoms. The van der Waals surface area contributed by atoms with Gasteiger partial charge in [-0.2, -0.15) is 0 Å². The Kier molecular flexibility index (Phi) is 6.25. The Morgan fingerprint density at radius 2 is 1.51 bits per heavy atom. The second-order valence-corrected chi connectivity index (χ2v) is 8.82. The molecule has 0 unspecified atom stereocenters. The zero-order valence-corrected chi connectivity index (χ0v) is 21.3. The van der Waals surface area contributed by atoms with Crippen molar-refractivity contribution in [2.45, 2.75) is 19.5 Å². The molecule has 0 bridgehead atoms. The van der Waals surface area contributed by atoms with Gasteiger partial charge < -0.3 is 28.3 Å². The Balaban J connectivity index is 1.74. The summed E-state index contributed by atoms with van der Waals surface area (Å²) >= 11 is 0. The molecule has 0 N–H and O–H groups in total. The summed E-state index contributed by atoms with van der Waals surface area (Å²) in [4.78, 5) is 29.3. The molecule has 1 aliphatic rings. The summed E-state index contributed by atoms with van der Waals surface area (Å²) in [5.74, 6) is 1.63. The number of hydrogen-bond donors (Lipinski definition) is 0. The Morgan fingerprint density at radius 1 is 0.838 bits per heavy atom. The second-order valence-electron chi connectivity index (χ2n) is 8.82. The van der Waals surface area contributed by atoms with Gasteiger partial charge in [-0.15, -0.1) is 0 Å². The Hall–Kier alpha value is -4.46. The number of carbonyl (C=O) groups excluding carboxylic acids is 1. The Bertz CT molecular complexity index is 1530. The molecule has 3 aromatic carbocycles. The monoisotopic (exact) mass is 501 g/mol. The van der Waals surface area contributed by atoms with Crippen molar-refractivity contribution in [3.63, 3.8) is 0 Å². The molecular formula is C29H27NO7. The van der Waals surface area contributed by atoms with Gasteiger partial charge in [-0.3, -0.25) is 9.59 Å². The first-order chi connectivity index (χ1) is 17.9. The van der Waals surface area contributed by atoms with Crippen LogP contribution in [0.3, 0.4) is 0 Å². The SMILES string of the molecule is COc1ccc(CN2C(=O)c3oc4ccc(C)cc4c(=O)c3[C@H]2c2cc(OC)c(OC)c(OC)c2)cc1. The maximum Gasteiger partial charge on any atom is 0.291 e.